The Kier molecular flexibility index (Phi) is 13.2. The number of aromatic nitrogens is 4. The fourth-order valence-electron chi connectivity index (χ4n) is 9.36. The van der Waals surface area contributed by atoms with Crippen LogP contribution >= 0.6 is 0 Å². The molecule has 1 aliphatic rings. The Morgan fingerprint density at radius 1 is 0.453 bits per heavy atom. The summed E-state index contributed by atoms with van der Waals surface area (Å²) in [7, 11) is 0. The largest absolute Gasteiger partial charge is 0.255 e. The van der Waals surface area contributed by atoms with E-state index in [4.69, 9.17) is 19.9 Å². The molecule has 4 heteroatoms. The summed E-state index contributed by atoms with van der Waals surface area (Å²) in [6, 6.07) is 45.1. The quantitative estimate of drug-likeness (QED) is 0.0965. The average Bonchev–Trinajstić information content (AvgIpc) is 3.56. The second-order valence-corrected chi connectivity index (χ2v) is 20.5. The first-order valence-corrected chi connectivity index (χ1v) is 24.1. The van der Waals surface area contributed by atoms with Gasteiger partial charge in [-0.3, -0.25) is 4.98 Å². The number of benzene rings is 5. The standard InChI is InChI=1S/C60H68N4/c1-10-12-14-16-20-41-24-28-43(29-25-41)55-62-56(44-30-26-42(27-31-44)21-17-15-13-11-2)64-57(63-55)46-33-35-54(61-40-46)45-32-34-51-50-22-18-19-23-52(50)60(9,53(51)36-45)49-38-47(58(3,4)5)37-48(39-49)59(6,7)8/h18-19,22-40H,10-17,20-21H2,1-9H3. The normalized spacial score (nSPS) is 14.7. The molecule has 0 saturated heterocycles. The van der Waals surface area contributed by atoms with Crippen molar-refractivity contribution in [3.63, 3.8) is 0 Å². The van der Waals surface area contributed by atoms with Crippen LogP contribution in [0.5, 0.6) is 0 Å². The Hall–Kier alpha value is -5.74. The fourth-order valence-corrected chi connectivity index (χ4v) is 9.36. The highest BCUT2D eigenvalue weighted by Gasteiger charge is 2.42. The van der Waals surface area contributed by atoms with Gasteiger partial charge in [0.25, 0.3) is 0 Å². The van der Waals surface area contributed by atoms with Crippen molar-refractivity contribution in [1.29, 1.82) is 0 Å². The molecule has 7 aromatic rings. The minimum Gasteiger partial charge on any atom is -0.255 e. The van der Waals surface area contributed by atoms with Crippen LogP contribution in [-0.2, 0) is 29.1 Å². The molecule has 1 unspecified atom stereocenters. The lowest BCUT2D eigenvalue weighted by Gasteiger charge is -2.33. The van der Waals surface area contributed by atoms with Crippen molar-refractivity contribution in [3.8, 4) is 56.5 Å². The number of fused-ring (bicyclic) bond motifs is 3. The highest BCUT2D eigenvalue weighted by atomic mass is 15.0. The molecular formula is C60H68N4. The van der Waals surface area contributed by atoms with Crippen LogP contribution in [-0.4, -0.2) is 19.9 Å². The lowest BCUT2D eigenvalue weighted by Crippen LogP contribution is -2.25. The van der Waals surface area contributed by atoms with Gasteiger partial charge in [-0.25, -0.2) is 15.0 Å². The van der Waals surface area contributed by atoms with Gasteiger partial charge in [0.1, 0.15) is 0 Å². The first-order valence-electron chi connectivity index (χ1n) is 24.1. The zero-order valence-electron chi connectivity index (χ0n) is 40.0. The SMILES string of the molecule is CCCCCCc1ccc(-c2nc(-c3ccc(CCCCCC)cc3)nc(-c3ccc(-c4ccc5c(c4)C(C)(c4cc(C(C)(C)C)cc(C(C)(C)C)c4)c4ccccc4-5)nc3)n2)cc1. The first-order chi connectivity index (χ1) is 30.8. The van der Waals surface area contributed by atoms with Gasteiger partial charge in [0.15, 0.2) is 17.5 Å². The van der Waals surface area contributed by atoms with Crippen LogP contribution in [0.25, 0.3) is 56.5 Å². The van der Waals surface area contributed by atoms with Crippen LogP contribution in [0, 0.1) is 0 Å². The molecule has 0 amide bonds. The molecule has 5 aromatic carbocycles. The maximum absolute atomic E-state index is 5.12. The fraction of sp³-hybridized carbons (Fsp3) is 0.367. The predicted octanol–water partition coefficient (Wildman–Crippen LogP) is 16.1. The smallest absolute Gasteiger partial charge is 0.165 e. The molecule has 0 saturated carbocycles. The molecule has 0 spiro atoms. The second-order valence-electron chi connectivity index (χ2n) is 20.5. The van der Waals surface area contributed by atoms with Crippen molar-refractivity contribution in [1.82, 2.24) is 19.9 Å². The molecule has 8 rings (SSSR count). The number of hydrogen-bond acceptors (Lipinski definition) is 4. The highest BCUT2D eigenvalue weighted by Crippen LogP contribution is 2.54. The Balaban J connectivity index is 1.15. The van der Waals surface area contributed by atoms with Crippen LogP contribution in [0.2, 0.25) is 0 Å². The Bertz CT molecular complexity index is 2590. The zero-order chi connectivity index (χ0) is 45.1. The maximum atomic E-state index is 5.12. The van der Waals surface area contributed by atoms with E-state index in [1.807, 2.05) is 6.20 Å². The maximum Gasteiger partial charge on any atom is 0.165 e. The molecule has 2 heterocycles. The minimum absolute atomic E-state index is 0.0112. The van der Waals surface area contributed by atoms with E-state index in [2.05, 4.69) is 184 Å². The van der Waals surface area contributed by atoms with E-state index in [-0.39, 0.29) is 16.2 Å². The van der Waals surface area contributed by atoms with Gasteiger partial charge in [-0.2, -0.15) is 0 Å². The van der Waals surface area contributed by atoms with Crippen LogP contribution in [0.3, 0.4) is 0 Å². The lowest BCUT2D eigenvalue weighted by molar-refractivity contribution is 0.562. The van der Waals surface area contributed by atoms with Crippen LogP contribution in [0.1, 0.15) is 153 Å². The van der Waals surface area contributed by atoms with Crippen LogP contribution < -0.4 is 0 Å². The van der Waals surface area contributed by atoms with Crippen LogP contribution in [0.15, 0.2) is 128 Å². The van der Waals surface area contributed by atoms with Gasteiger partial charge in [-0.15, -0.1) is 0 Å². The van der Waals surface area contributed by atoms with Gasteiger partial charge in [0.05, 0.1) is 5.69 Å². The zero-order valence-corrected chi connectivity index (χ0v) is 40.0. The van der Waals surface area contributed by atoms with Crippen molar-refractivity contribution in [2.45, 2.75) is 143 Å². The lowest BCUT2D eigenvalue weighted by atomic mass is 9.70. The summed E-state index contributed by atoms with van der Waals surface area (Å²) in [4.78, 5) is 20.4. The molecule has 1 atom stereocenters. The molecule has 0 N–H and O–H groups in total. The third kappa shape index (κ3) is 9.53. The summed E-state index contributed by atoms with van der Waals surface area (Å²) < 4.78 is 0. The Morgan fingerprint density at radius 2 is 0.938 bits per heavy atom. The van der Waals surface area contributed by atoms with E-state index in [0.29, 0.717) is 17.5 Å². The summed E-state index contributed by atoms with van der Waals surface area (Å²) in [5.74, 6) is 1.97. The van der Waals surface area contributed by atoms with Crippen molar-refractivity contribution >= 4 is 0 Å². The molecular weight excluding hydrogens is 777 g/mol. The summed E-state index contributed by atoms with van der Waals surface area (Å²) in [6.07, 6.45) is 14.2. The minimum atomic E-state index is -0.346. The molecule has 4 nitrogen and oxygen atoms in total. The van der Waals surface area contributed by atoms with Crippen molar-refractivity contribution in [2.24, 2.45) is 0 Å². The van der Waals surface area contributed by atoms with Gasteiger partial charge in [-0.05, 0) is 112 Å². The molecule has 0 radical (unpaired) electrons. The average molecular weight is 845 g/mol. The van der Waals surface area contributed by atoms with Crippen molar-refractivity contribution < 1.29 is 0 Å². The molecule has 0 fully saturated rings. The predicted molar refractivity (Wildman–Crippen MR) is 270 cm³/mol. The monoisotopic (exact) mass is 845 g/mol. The Labute approximate surface area is 384 Å². The summed E-state index contributed by atoms with van der Waals surface area (Å²) >= 11 is 0. The number of hydrogen-bond donors (Lipinski definition) is 0. The third-order valence-electron chi connectivity index (χ3n) is 13.6. The van der Waals surface area contributed by atoms with E-state index in [9.17, 15) is 0 Å². The van der Waals surface area contributed by atoms with Crippen molar-refractivity contribution in [3.05, 3.63) is 166 Å². The molecule has 0 bridgehead atoms. The van der Waals surface area contributed by atoms with Crippen LogP contribution in [0.4, 0.5) is 0 Å². The van der Waals surface area contributed by atoms with E-state index < -0.39 is 0 Å². The molecule has 1 aliphatic carbocycles. The van der Waals surface area contributed by atoms with E-state index in [1.54, 1.807) is 0 Å². The number of rotatable bonds is 15. The summed E-state index contributed by atoms with van der Waals surface area (Å²) in [5.41, 5.74) is 16.6. The third-order valence-corrected chi connectivity index (χ3v) is 13.6. The number of nitrogens with zero attached hydrogens (tertiary/aromatic N) is 4. The van der Waals surface area contributed by atoms with E-state index >= 15 is 0 Å². The van der Waals surface area contributed by atoms with Gasteiger partial charge in [0.2, 0.25) is 0 Å². The van der Waals surface area contributed by atoms with Crippen molar-refractivity contribution in [2.75, 3.05) is 0 Å². The van der Waals surface area contributed by atoms with E-state index in [0.717, 1.165) is 40.8 Å². The summed E-state index contributed by atoms with van der Waals surface area (Å²) in [5, 5.41) is 0. The molecule has 328 valence electrons. The number of pyridine rings is 1. The number of aryl methyl sites for hydroxylation is 2. The number of unbranched alkanes of at least 4 members (excludes halogenated alkanes) is 6. The molecule has 0 aliphatic heterocycles. The topological polar surface area (TPSA) is 51.6 Å². The highest BCUT2D eigenvalue weighted by molar-refractivity contribution is 5.85. The molecule has 64 heavy (non-hydrogen) atoms. The second kappa shape index (κ2) is 18.8. The van der Waals surface area contributed by atoms with Gasteiger partial charge < -0.3 is 0 Å². The van der Waals surface area contributed by atoms with Gasteiger partial charge in [0, 0.05) is 33.9 Å². The van der Waals surface area contributed by atoms with E-state index in [1.165, 1.54) is 101 Å². The van der Waals surface area contributed by atoms with Gasteiger partial charge in [-0.1, -0.05) is 197 Å². The first kappa shape index (κ1) is 44.9. The molecule has 2 aromatic heterocycles. The van der Waals surface area contributed by atoms with Gasteiger partial charge >= 0.3 is 0 Å². The summed E-state index contributed by atoms with van der Waals surface area (Å²) in [6.45, 7) is 20.9. The Morgan fingerprint density at radius 3 is 1.44 bits per heavy atom.